The lowest BCUT2D eigenvalue weighted by Gasteiger charge is -2.39. The fourth-order valence-electron chi connectivity index (χ4n) is 3.28. The van der Waals surface area contributed by atoms with Crippen LogP contribution >= 0.6 is 0 Å². The normalized spacial score (nSPS) is 24.5. The average molecular weight is 309 g/mol. The monoisotopic (exact) mass is 309 g/mol. The van der Waals surface area contributed by atoms with Crippen molar-refractivity contribution < 1.29 is 0 Å². The molecule has 3 N–H and O–H groups in total. The van der Waals surface area contributed by atoms with E-state index in [9.17, 15) is 0 Å². The first kappa shape index (κ1) is 16.2. The van der Waals surface area contributed by atoms with E-state index in [0.717, 1.165) is 25.9 Å². The van der Waals surface area contributed by atoms with Gasteiger partial charge in [-0.15, -0.1) is 0 Å². The highest BCUT2D eigenvalue weighted by atomic mass is 15.2. The molecule has 3 heteroatoms. The molecule has 1 fully saturated rings. The van der Waals surface area contributed by atoms with Crippen LogP contribution in [0, 0.1) is 0 Å². The number of rotatable bonds is 6. The highest BCUT2D eigenvalue weighted by molar-refractivity contribution is 5.20. The zero-order valence-electron chi connectivity index (χ0n) is 13.8. The first-order valence-electron chi connectivity index (χ1n) is 8.68. The Bertz CT molecular complexity index is 568. The van der Waals surface area contributed by atoms with Gasteiger partial charge in [-0.2, -0.15) is 0 Å². The van der Waals surface area contributed by atoms with Gasteiger partial charge in [0.25, 0.3) is 0 Å². The van der Waals surface area contributed by atoms with Crippen LogP contribution in [-0.4, -0.2) is 25.3 Å². The van der Waals surface area contributed by atoms with Gasteiger partial charge in [-0.25, -0.2) is 0 Å². The number of hydrogen-bond donors (Lipinski definition) is 3. The van der Waals surface area contributed by atoms with Gasteiger partial charge in [0.2, 0.25) is 0 Å². The molecule has 1 aliphatic rings. The summed E-state index contributed by atoms with van der Waals surface area (Å²) >= 11 is 0. The number of piperazine rings is 1. The van der Waals surface area contributed by atoms with Crippen LogP contribution in [0.1, 0.15) is 30.5 Å². The second-order valence-corrected chi connectivity index (χ2v) is 6.22. The molecule has 1 aliphatic heterocycles. The van der Waals surface area contributed by atoms with Crippen LogP contribution in [0.4, 0.5) is 0 Å². The molecule has 3 unspecified atom stereocenters. The third kappa shape index (κ3) is 4.41. The molecule has 2 aromatic rings. The Kier molecular flexibility index (Phi) is 5.81. The summed E-state index contributed by atoms with van der Waals surface area (Å²) in [4.78, 5) is 0. The predicted molar refractivity (Wildman–Crippen MR) is 96.3 cm³/mol. The van der Waals surface area contributed by atoms with Crippen molar-refractivity contribution >= 4 is 0 Å². The molecular weight excluding hydrogens is 282 g/mol. The van der Waals surface area contributed by atoms with Crippen LogP contribution in [0.15, 0.2) is 60.7 Å². The zero-order chi connectivity index (χ0) is 15.9. The SMILES string of the molecule is CCC1NC(c2ccccc2)CNC1NCCc1ccccc1. The average Bonchev–Trinajstić information content (AvgIpc) is 2.63. The second-order valence-electron chi connectivity index (χ2n) is 6.22. The van der Waals surface area contributed by atoms with Crippen LogP contribution in [0.5, 0.6) is 0 Å². The highest BCUT2D eigenvalue weighted by Gasteiger charge is 2.28. The van der Waals surface area contributed by atoms with Crippen LogP contribution < -0.4 is 16.0 Å². The van der Waals surface area contributed by atoms with E-state index < -0.39 is 0 Å². The molecule has 0 radical (unpaired) electrons. The Morgan fingerprint density at radius 1 is 1.00 bits per heavy atom. The molecule has 2 aromatic carbocycles. The van der Waals surface area contributed by atoms with E-state index in [2.05, 4.69) is 83.5 Å². The van der Waals surface area contributed by atoms with Gasteiger partial charge in [-0.1, -0.05) is 67.6 Å². The van der Waals surface area contributed by atoms with Crippen molar-refractivity contribution in [2.75, 3.05) is 13.1 Å². The molecule has 0 aromatic heterocycles. The Morgan fingerprint density at radius 2 is 1.70 bits per heavy atom. The lowest BCUT2D eigenvalue weighted by Crippen LogP contribution is -2.62. The summed E-state index contributed by atoms with van der Waals surface area (Å²) in [6.45, 7) is 4.21. The summed E-state index contributed by atoms with van der Waals surface area (Å²) < 4.78 is 0. The summed E-state index contributed by atoms with van der Waals surface area (Å²) in [7, 11) is 0. The largest absolute Gasteiger partial charge is 0.303 e. The Balaban J connectivity index is 1.51. The van der Waals surface area contributed by atoms with Gasteiger partial charge in [0.05, 0.1) is 6.17 Å². The lowest BCUT2D eigenvalue weighted by atomic mass is 10.00. The van der Waals surface area contributed by atoms with Crippen molar-refractivity contribution in [1.82, 2.24) is 16.0 Å². The molecule has 3 nitrogen and oxygen atoms in total. The summed E-state index contributed by atoms with van der Waals surface area (Å²) in [5.41, 5.74) is 2.75. The van der Waals surface area contributed by atoms with E-state index in [0.29, 0.717) is 18.2 Å². The quantitative estimate of drug-likeness (QED) is 0.768. The molecular formula is C20H27N3. The van der Waals surface area contributed by atoms with Crippen molar-refractivity contribution in [2.24, 2.45) is 0 Å². The fourth-order valence-corrected chi connectivity index (χ4v) is 3.28. The maximum Gasteiger partial charge on any atom is 0.0730 e. The lowest BCUT2D eigenvalue weighted by molar-refractivity contribution is 0.231. The van der Waals surface area contributed by atoms with Crippen LogP contribution in [0.2, 0.25) is 0 Å². The van der Waals surface area contributed by atoms with Crippen LogP contribution in [0.3, 0.4) is 0 Å². The molecule has 0 aliphatic carbocycles. The standard InChI is InChI=1S/C20H27N3/c1-2-18-20(21-14-13-16-9-5-3-6-10-16)22-15-19(23-18)17-11-7-4-8-12-17/h3-12,18-23H,2,13-15H2,1H3. The van der Waals surface area contributed by atoms with E-state index in [1.54, 1.807) is 0 Å². The summed E-state index contributed by atoms with van der Waals surface area (Å²) in [5.74, 6) is 0. The maximum atomic E-state index is 3.79. The molecule has 0 amide bonds. The highest BCUT2D eigenvalue weighted by Crippen LogP contribution is 2.17. The van der Waals surface area contributed by atoms with Gasteiger partial charge >= 0.3 is 0 Å². The molecule has 1 saturated heterocycles. The van der Waals surface area contributed by atoms with Crippen molar-refractivity contribution in [3.05, 3.63) is 71.8 Å². The van der Waals surface area contributed by atoms with Crippen LogP contribution in [0.25, 0.3) is 0 Å². The molecule has 3 atom stereocenters. The van der Waals surface area contributed by atoms with Gasteiger partial charge in [-0.05, 0) is 24.0 Å². The molecule has 0 bridgehead atoms. The van der Waals surface area contributed by atoms with Gasteiger partial charge in [0.15, 0.2) is 0 Å². The van der Waals surface area contributed by atoms with Crippen molar-refractivity contribution in [2.45, 2.75) is 38.0 Å². The van der Waals surface area contributed by atoms with Crippen molar-refractivity contribution in [3.8, 4) is 0 Å². The fraction of sp³-hybridized carbons (Fsp3) is 0.400. The minimum atomic E-state index is 0.337. The third-order valence-electron chi connectivity index (χ3n) is 4.62. The molecule has 23 heavy (non-hydrogen) atoms. The molecule has 1 heterocycles. The van der Waals surface area contributed by atoms with Crippen LogP contribution in [-0.2, 0) is 6.42 Å². The van der Waals surface area contributed by atoms with E-state index in [1.807, 2.05) is 0 Å². The topological polar surface area (TPSA) is 36.1 Å². The van der Waals surface area contributed by atoms with Gasteiger partial charge in [0.1, 0.15) is 0 Å². The molecule has 0 saturated carbocycles. The van der Waals surface area contributed by atoms with Gasteiger partial charge in [-0.3, -0.25) is 5.32 Å². The Labute approximate surface area is 139 Å². The molecule has 122 valence electrons. The molecule has 3 rings (SSSR count). The van der Waals surface area contributed by atoms with E-state index in [1.165, 1.54) is 11.1 Å². The number of nitrogens with one attached hydrogen (secondary N) is 3. The third-order valence-corrected chi connectivity index (χ3v) is 4.62. The van der Waals surface area contributed by atoms with Crippen molar-refractivity contribution in [3.63, 3.8) is 0 Å². The predicted octanol–water partition coefficient (Wildman–Crippen LogP) is 2.86. The van der Waals surface area contributed by atoms with Crippen molar-refractivity contribution in [1.29, 1.82) is 0 Å². The minimum absolute atomic E-state index is 0.337. The van der Waals surface area contributed by atoms with E-state index in [4.69, 9.17) is 0 Å². The summed E-state index contributed by atoms with van der Waals surface area (Å²) in [6, 6.07) is 22.2. The minimum Gasteiger partial charge on any atom is -0.303 e. The first-order chi connectivity index (χ1) is 11.4. The van der Waals surface area contributed by atoms with E-state index in [-0.39, 0.29) is 0 Å². The maximum absolute atomic E-state index is 3.79. The number of hydrogen-bond acceptors (Lipinski definition) is 3. The van der Waals surface area contributed by atoms with E-state index >= 15 is 0 Å². The number of benzene rings is 2. The first-order valence-corrected chi connectivity index (χ1v) is 8.68. The zero-order valence-corrected chi connectivity index (χ0v) is 13.8. The summed E-state index contributed by atoms with van der Waals surface area (Å²) in [5, 5.41) is 11.1. The van der Waals surface area contributed by atoms with Gasteiger partial charge in [0, 0.05) is 25.2 Å². The summed E-state index contributed by atoms with van der Waals surface area (Å²) in [6.07, 6.45) is 2.51. The smallest absolute Gasteiger partial charge is 0.0730 e. The Hall–Kier alpha value is -1.68. The second kappa shape index (κ2) is 8.25. The Morgan fingerprint density at radius 3 is 2.39 bits per heavy atom. The molecule has 0 spiro atoms. The van der Waals surface area contributed by atoms with Gasteiger partial charge < -0.3 is 10.6 Å².